The van der Waals surface area contributed by atoms with Gasteiger partial charge in [-0.3, -0.25) is 4.40 Å². The van der Waals surface area contributed by atoms with Crippen LogP contribution in [0, 0.1) is 12.7 Å². The number of benzene rings is 2. The van der Waals surface area contributed by atoms with Crippen LogP contribution in [0.25, 0.3) is 16.9 Å². The van der Waals surface area contributed by atoms with E-state index in [2.05, 4.69) is 12.2 Å². The summed E-state index contributed by atoms with van der Waals surface area (Å²) in [6.07, 6.45) is 0.820. The van der Waals surface area contributed by atoms with Crippen LogP contribution in [0.3, 0.4) is 0 Å². The van der Waals surface area contributed by atoms with Gasteiger partial charge in [0.2, 0.25) is 0 Å². The van der Waals surface area contributed by atoms with E-state index in [1.807, 2.05) is 53.8 Å². The lowest BCUT2D eigenvalue weighted by Crippen LogP contribution is -2.03. The maximum atomic E-state index is 14.6. The standard InChI is InChI=1S/C22H19ClFN3/c1-3-15-9-7-13-19-25-21(16-10-4-5-12-18(16)24)22(27(15)19)26-20-14(2)8-6-11-17(20)23/h4-13,26H,3H2,1-2H3. The molecule has 4 rings (SSSR count). The molecular formula is C22H19ClFN3. The van der Waals surface area contributed by atoms with E-state index in [4.69, 9.17) is 16.6 Å². The summed E-state index contributed by atoms with van der Waals surface area (Å²) in [6.45, 7) is 4.07. The largest absolute Gasteiger partial charge is 0.338 e. The zero-order chi connectivity index (χ0) is 19.0. The number of fused-ring (bicyclic) bond motifs is 1. The number of nitrogens with zero attached hydrogens (tertiary/aromatic N) is 2. The summed E-state index contributed by atoms with van der Waals surface area (Å²) in [5.74, 6) is 0.404. The third kappa shape index (κ3) is 3.06. The molecule has 0 radical (unpaired) electrons. The van der Waals surface area contributed by atoms with Crippen molar-refractivity contribution >= 4 is 28.8 Å². The molecule has 0 aliphatic rings. The molecule has 136 valence electrons. The minimum Gasteiger partial charge on any atom is -0.338 e. The van der Waals surface area contributed by atoms with Crippen molar-refractivity contribution in [1.82, 2.24) is 9.38 Å². The number of para-hydroxylation sites is 1. The van der Waals surface area contributed by atoms with Crippen LogP contribution in [0.2, 0.25) is 5.02 Å². The molecule has 2 aromatic carbocycles. The lowest BCUT2D eigenvalue weighted by molar-refractivity contribution is 0.631. The number of pyridine rings is 1. The van der Waals surface area contributed by atoms with Crippen LogP contribution >= 0.6 is 11.6 Å². The number of rotatable bonds is 4. The van der Waals surface area contributed by atoms with Crippen LogP contribution in [-0.2, 0) is 6.42 Å². The Morgan fingerprint density at radius 2 is 1.81 bits per heavy atom. The molecule has 1 N–H and O–H groups in total. The molecule has 2 aromatic heterocycles. The van der Waals surface area contributed by atoms with Gasteiger partial charge in [0, 0.05) is 11.3 Å². The van der Waals surface area contributed by atoms with E-state index in [9.17, 15) is 4.39 Å². The number of aryl methyl sites for hydroxylation is 2. The Balaban J connectivity index is 2.02. The van der Waals surface area contributed by atoms with Crippen molar-refractivity contribution in [3.63, 3.8) is 0 Å². The van der Waals surface area contributed by atoms with Gasteiger partial charge in [-0.1, -0.05) is 48.9 Å². The van der Waals surface area contributed by atoms with Gasteiger partial charge in [0.15, 0.2) is 0 Å². The third-order valence-electron chi connectivity index (χ3n) is 4.68. The predicted octanol–water partition coefficient (Wildman–Crippen LogP) is 6.41. The molecule has 0 unspecified atom stereocenters. The predicted molar refractivity (Wildman–Crippen MR) is 109 cm³/mol. The molecule has 3 nitrogen and oxygen atoms in total. The second kappa shape index (κ2) is 7.05. The first-order valence-electron chi connectivity index (χ1n) is 8.87. The Kier molecular flexibility index (Phi) is 4.58. The van der Waals surface area contributed by atoms with Gasteiger partial charge in [-0.2, -0.15) is 0 Å². The Morgan fingerprint density at radius 3 is 2.56 bits per heavy atom. The summed E-state index contributed by atoms with van der Waals surface area (Å²) in [7, 11) is 0. The van der Waals surface area contributed by atoms with Crippen LogP contribution in [0.1, 0.15) is 18.2 Å². The van der Waals surface area contributed by atoms with E-state index in [1.165, 1.54) is 6.07 Å². The molecule has 0 bridgehead atoms. The summed E-state index contributed by atoms with van der Waals surface area (Å²) in [5, 5.41) is 4.04. The monoisotopic (exact) mass is 379 g/mol. The van der Waals surface area contributed by atoms with Gasteiger partial charge >= 0.3 is 0 Å². The Hall–Kier alpha value is -2.85. The Bertz CT molecular complexity index is 1110. The van der Waals surface area contributed by atoms with Gasteiger partial charge < -0.3 is 5.32 Å². The molecule has 2 heterocycles. The van der Waals surface area contributed by atoms with Crippen molar-refractivity contribution in [3.8, 4) is 11.3 Å². The second-order valence-electron chi connectivity index (χ2n) is 6.41. The van der Waals surface area contributed by atoms with Crippen molar-refractivity contribution in [2.24, 2.45) is 0 Å². The zero-order valence-electron chi connectivity index (χ0n) is 15.1. The van der Waals surface area contributed by atoms with E-state index >= 15 is 0 Å². The molecule has 4 aromatic rings. The van der Waals surface area contributed by atoms with Gasteiger partial charge in [0.25, 0.3) is 0 Å². The van der Waals surface area contributed by atoms with Gasteiger partial charge in [-0.25, -0.2) is 9.37 Å². The van der Waals surface area contributed by atoms with Gasteiger partial charge in [-0.05, 0) is 49.2 Å². The highest BCUT2D eigenvalue weighted by molar-refractivity contribution is 6.33. The highest BCUT2D eigenvalue weighted by atomic mass is 35.5. The lowest BCUT2D eigenvalue weighted by Gasteiger charge is -2.15. The van der Waals surface area contributed by atoms with Crippen molar-refractivity contribution in [2.45, 2.75) is 20.3 Å². The van der Waals surface area contributed by atoms with Gasteiger partial charge in [-0.15, -0.1) is 0 Å². The molecule has 0 saturated carbocycles. The molecule has 0 aliphatic heterocycles. The summed E-state index contributed by atoms with van der Waals surface area (Å²) in [5.41, 5.74) is 4.66. The molecule has 0 spiro atoms. The SMILES string of the molecule is CCc1cccc2nc(-c3ccccc3F)c(Nc3c(C)cccc3Cl)n12. The average molecular weight is 380 g/mol. The van der Waals surface area contributed by atoms with E-state index in [0.717, 1.165) is 29.0 Å². The van der Waals surface area contributed by atoms with Crippen LogP contribution in [0.15, 0.2) is 60.7 Å². The van der Waals surface area contributed by atoms with E-state index in [0.29, 0.717) is 22.1 Å². The number of nitrogens with one attached hydrogen (secondary N) is 1. The number of hydrogen-bond acceptors (Lipinski definition) is 2. The van der Waals surface area contributed by atoms with Crippen LogP contribution in [-0.4, -0.2) is 9.38 Å². The minimum absolute atomic E-state index is 0.308. The van der Waals surface area contributed by atoms with E-state index in [1.54, 1.807) is 12.1 Å². The molecule has 0 aliphatic carbocycles. The number of halogens is 2. The first kappa shape index (κ1) is 17.6. The minimum atomic E-state index is -0.308. The maximum absolute atomic E-state index is 14.6. The molecule has 5 heteroatoms. The molecular weight excluding hydrogens is 361 g/mol. The normalized spacial score (nSPS) is 11.1. The van der Waals surface area contributed by atoms with Crippen LogP contribution in [0.4, 0.5) is 15.9 Å². The number of anilines is 2. The van der Waals surface area contributed by atoms with Crippen LogP contribution < -0.4 is 5.32 Å². The fourth-order valence-corrected chi connectivity index (χ4v) is 3.57. The lowest BCUT2D eigenvalue weighted by atomic mass is 10.1. The quantitative estimate of drug-likeness (QED) is 0.444. The number of aromatic nitrogens is 2. The van der Waals surface area contributed by atoms with Crippen molar-refractivity contribution in [1.29, 1.82) is 0 Å². The highest BCUT2D eigenvalue weighted by Crippen LogP contribution is 2.36. The van der Waals surface area contributed by atoms with Crippen LogP contribution in [0.5, 0.6) is 0 Å². The Labute approximate surface area is 162 Å². The van der Waals surface area contributed by atoms with Crippen molar-refractivity contribution < 1.29 is 4.39 Å². The van der Waals surface area contributed by atoms with E-state index < -0.39 is 0 Å². The molecule has 0 saturated heterocycles. The fraction of sp³-hybridized carbons (Fsp3) is 0.136. The maximum Gasteiger partial charge on any atom is 0.143 e. The Morgan fingerprint density at radius 1 is 1.04 bits per heavy atom. The van der Waals surface area contributed by atoms with Gasteiger partial charge in [0.05, 0.1) is 10.7 Å². The molecule has 0 amide bonds. The topological polar surface area (TPSA) is 29.3 Å². The second-order valence-corrected chi connectivity index (χ2v) is 6.82. The first-order valence-corrected chi connectivity index (χ1v) is 9.25. The smallest absolute Gasteiger partial charge is 0.143 e. The summed E-state index contributed by atoms with van der Waals surface area (Å²) >= 11 is 6.43. The first-order chi connectivity index (χ1) is 13.1. The summed E-state index contributed by atoms with van der Waals surface area (Å²) in [4.78, 5) is 4.73. The highest BCUT2D eigenvalue weighted by Gasteiger charge is 2.20. The molecule has 27 heavy (non-hydrogen) atoms. The van der Waals surface area contributed by atoms with Crippen molar-refractivity contribution in [3.05, 3.63) is 82.8 Å². The number of hydrogen-bond donors (Lipinski definition) is 1. The zero-order valence-corrected chi connectivity index (χ0v) is 15.9. The number of imidazole rings is 1. The molecule has 0 atom stereocenters. The average Bonchev–Trinajstić information content (AvgIpc) is 3.03. The van der Waals surface area contributed by atoms with E-state index in [-0.39, 0.29) is 5.82 Å². The van der Waals surface area contributed by atoms with Gasteiger partial charge in [0.1, 0.15) is 23.0 Å². The third-order valence-corrected chi connectivity index (χ3v) is 5.00. The summed E-state index contributed by atoms with van der Waals surface area (Å²) < 4.78 is 16.6. The molecule has 0 fully saturated rings. The van der Waals surface area contributed by atoms with Crippen molar-refractivity contribution in [2.75, 3.05) is 5.32 Å². The fourth-order valence-electron chi connectivity index (χ4n) is 3.30. The summed E-state index contributed by atoms with van der Waals surface area (Å²) in [6, 6.07) is 18.4.